The zero-order chi connectivity index (χ0) is 23.6. The van der Waals surface area contributed by atoms with E-state index < -0.39 is 23.7 Å². The van der Waals surface area contributed by atoms with E-state index in [1.165, 1.54) is 40.3 Å². The normalized spacial score (nSPS) is 11.3. The number of aryl methyl sites for hydroxylation is 1. The average molecular weight is 470 g/mol. The van der Waals surface area contributed by atoms with Crippen molar-refractivity contribution in [2.24, 2.45) is 0 Å². The Bertz CT molecular complexity index is 1280. The standard InChI is InChI=1S/C23H17F3N4O2S/c1-14-4-6-15(7-5-14)21(31)27-28-22(32)16-8-10-17(11-9-16)30-18(19-3-2-12-33-19)13-20(29-30)23(24,25)26/h2-13H,1H3,(H,27,31)(H,28,32). The summed E-state index contributed by atoms with van der Waals surface area (Å²) in [6, 6.07) is 17.1. The topological polar surface area (TPSA) is 76.0 Å². The molecule has 2 N–H and O–H groups in total. The molecule has 0 fully saturated rings. The first kappa shape index (κ1) is 22.3. The Balaban J connectivity index is 1.51. The van der Waals surface area contributed by atoms with Gasteiger partial charge in [0.15, 0.2) is 5.69 Å². The molecule has 0 saturated carbocycles. The fourth-order valence-corrected chi connectivity index (χ4v) is 3.76. The van der Waals surface area contributed by atoms with E-state index in [2.05, 4.69) is 16.0 Å². The highest BCUT2D eigenvalue weighted by Gasteiger charge is 2.35. The Morgan fingerprint density at radius 2 is 1.48 bits per heavy atom. The largest absolute Gasteiger partial charge is 0.435 e. The second-order valence-electron chi connectivity index (χ2n) is 7.12. The van der Waals surface area contributed by atoms with E-state index in [0.717, 1.165) is 11.6 Å². The first-order valence-corrected chi connectivity index (χ1v) is 10.6. The molecular weight excluding hydrogens is 453 g/mol. The number of alkyl halides is 3. The van der Waals surface area contributed by atoms with Crippen molar-refractivity contribution in [1.82, 2.24) is 20.6 Å². The molecule has 0 atom stereocenters. The summed E-state index contributed by atoms with van der Waals surface area (Å²) >= 11 is 1.29. The Labute approximate surface area is 190 Å². The van der Waals surface area contributed by atoms with Gasteiger partial charge in [0, 0.05) is 11.1 Å². The van der Waals surface area contributed by atoms with E-state index in [1.54, 1.807) is 41.8 Å². The predicted octanol–water partition coefficient (Wildman–Crippen LogP) is 5.00. The molecular formula is C23H17F3N4O2S. The van der Waals surface area contributed by atoms with E-state index in [1.807, 2.05) is 6.92 Å². The molecule has 4 rings (SSSR count). The summed E-state index contributed by atoms with van der Waals surface area (Å²) in [5, 5.41) is 5.48. The fourth-order valence-electron chi connectivity index (χ4n) is 3.03. The van der Waals surface area contributed by atoms with Crippen LogP contribution in [0, 0.1) is 6.92 Å². The van der Waals surface area contributed by atoms with Gasteiger partial charge in [0.2, 0.25) is 0 Å². The number of halogens is 3. The second-order valence-corrected chi connectivity index (χ2v) is 8.07. The van der Waals surface area contributed by atoms with Crippen LogP contribution < -0.4 is 10.9 Å². The SMILES string of the molecule is Cc1ccc(C(=O)NNC(=O)c2ccc(-n3nc(C(F)(F)F)cc3-c3cccs3)cc2)cc1. The molecule has 0 aliphatic rings. The molecule has 0 aliphatic carbocycles. The Kier molecular flexibility index (Phi) is 6.01. The lowest BCUT2D eigenvalue weighted by molar-refractivity contribution is -0.141. The monoisotopic (exact) mass is 470 g/mol. The maximum Gasteiger partial charge on any atom is 0.435 e. The quantitative estimate of drug-likeness (QED) is 0.412. The lowest BCUT2D eigenvalue weighted by Gasteiger charge is -2.09. The molecule has 10 heteroatoms. The minimum absolute atomic E-state index is 0.212. The van der Waals surface area contributed by atoms with Crippen LogP contribution in [0.1, 0.15) is 32.0 Å². The second kappa shape index (κ2) is 8.91. The number of thiophene rings is 1. The van der Waals surface area contributed by atoms with Crippen molar-refractivity contribution in [3.05, 3.63) is 94.5 Å². The van der Waals surface area contributed by atoms with Crippen LogP contribution in [0.2, 0.25) is 0 Å². The van der Waals surface area contributed by atoms with Gasteiger partial charge in [0.25, 0.3) is 11.8 Å². The number of hydrazine groups is 1. The van der Waals surface area contributed by atoms with Gasteiger partial charge in [-0.3, -0.25) is 20.4 Å². The highest BCUT2D eigenvalue weighted by Crippen LogP contribution is 2.34. The third-order valence-electron chi connectivity index (χ3n) is 4.75. The molecule has 2 aromatic heterocycles. The predicted molar refractivity (Wildman–Crippen MR) is 118 cm³/mol. The Morgan fingerprint density at radius 3 is 2.00 bits per heavy atom. The summed E-state index contributed by atoms with van der Waals surface area (Å²) in [5.41, 5.74) is 5.89. The van der Waals surface area contributed by atoms with Crippen molar-refractivity contribution in [2.45, 2.75) is 13.1 Å². The van der Waals surface area contributed by atoms with Gasteiger partial charge in [-0.2, -0.15) is 18.3 Å². The smallest absolute Gasteiger partial charge is 0.267 e. The molecule has 0 unspecified atom stereocenters. The molecule has 0 spiro atoms. The van der Waals surface area contributed by atoms with Crippen molar-refractivity contribution < 1.29 is 22.8 Å². The van der Waals surface area contributed by atoms with Crippen LogP contribution in [-0.4, -0.2) is 21.6 Å². The van der Waals surface area contributed by atoms with Crippen molar-refractivity contribution in [2.75, 3.05) is 0 Å². The molecule has 168 valence electrons. The van der Waals surface area contributed by atoms with Crippen LogP contribution in [0.5, 0.6) is 0 Å². The molecule has 2 aromatic carbocycles. The third kappa shape index (κ3) is 4.96. The van der Waals surface area contributed by atoms with Gasteiger partial charge < -0.3 is 0 Å². The summed E-state index contributed by atoms with van der Waals surface area (Å²) < 4.78 is 40.9. The summed E-state index contributed by atoms with van der Waals surface area (Å²) in [7, 11) is 0. The maximum absolute atomic E-state index is 13.2. The zero-order valence-electron chi connectivity index (χ0n) is 17.2. The Morgan fingerprint density at radius 1 is 0.909 bits per heavy atom. The number of hydrogen-bond donors (Lipinski definition) is 2. The fraction of sp³-hybridized carbons (Fsp3) is 0.0870. The van der Waals surface area contributed by atoms with Crippen molar-refractivity contribution in [3.63, 3.8) is 0 Å². The summed E-state index contributed by atoms with van der Waals surface area (Å²) in [6.07, 6.45) is -4.59. The molecule has 4 aromatic rings. The number of rotatable bonds is 4. The maximum atomic E-state index is 13.2. The van der Waals surface area contributed by atoms with Crippen molar-refractivity contribution in [1.29, 1.82) is 0 Å². The van der Waals surface area contributed by atoms with Crippen LogP contribution in [0.25, 0.3) is 16.3 Å². The van der Waals surface area contributed by atoms with Crippen LogP contribution in [-0.2, 0) is 6.18 Å². The van der Waals surface area contributed by atoms with Gasteiger partial charge in [-0.25, -0.2) is 4.68 Å². The minimum atomic E-state index is -4.59. The van der Waals surface area contributed by atoms with Crippen LogP contribution in [0.3, 0.4) is 0 Å². The molecule has 33 heavy (non-hydrogen) atoms. The molecule has 0 saturated heterocycles. The molecule has 0 aliphatic heterocycles. The van der Waals surface area contributed by atoms with Crippen molar-refractivity contribution >= 4 is 23.2 Å². The minimum Gasteiger partial charge on any atom is -0.267 e. The van der Waals surface area contributed by atoms with Crippen LogP contribution >= 0.6 is 11.3 Å². The first-order valence-electron chi connectivity index (χ1n) is 9.71. The number of nitrogens with zero attached hydrogens (tertiary/aromatic N) is 2. The molecule has 0 radical (unpaired) electrons. The molecule has 2 amide bonds. The zero-order valence-corrected chi connectivity index (χ0v) is 18.0. The van der Waals surface area contributed by atoms with E-state index in [4.69, 9.17) is 0 Å². The van der Waals surface area contributed by atoms with Gasteiger partial charge >= 0.3 is 6.18 Å². The van der Waals surface area contributed by atoms with Gasteiger partial charge in [-0.05, 0) is 60.8 Å². The number of aromatic nitrogens is 2. The lowest BCUT2D eigenvalue weighted by atomic mass is 10.1. The molecule has 2 heterocycles. The van der Waals surface area contributed by atoms with Crippen LogP contribution in [0.4, 0.5) is 13.2 Å². The number of benzene rings is 2. The van der Waals surface area contributed by atoms with Gasteiger partial charge in [0.1, 0.15) is 0 Å². The van der Waals surface area contributed by atoms with Gasteiger partial charge in [-0.1, -0.05) is 23.8 Å². The molecule has 0 bridgehead atoms. The van der Waals surface area contributed by atoms with Crippen molar-refractivity contribution in [3.8, 4) is 16.3 Å². The highest BCUT2D eigenvalue weighted by molar-refractivity contribution is 7.13. The molecule has 6 nitrogen and oxygen atoms in total. The summed E-state index contributed by atoms with van der Waals surface area (Å²) in [5.74, 6) is -1.05. The summed E-state index contributed by atoms with van der Waals surface area (Å²) in [4.78, 5) is 25.1. The lowest BCUT2D eigenvalue weighted by Crippen LogP contribution is -2.41. The van der Waals surface area contributed by atoms with E-state index >= 15 is 0 Å². The van der Waals surface area contributed by atoms with E-state index in [9.17, 15) is 22.8 Å². The Hall–Kier alpha value is -3.92. The first-order chi connectivity index (χ1) is 15.7. The van der Waals surface area contributed by atoms with E-state index in [0.29, 0.717) is 21.8 Å². The summed E-state index contributed by atoms with van der Waals surface area (Å²) in [6.45, 7) is 1.89. The number of amides is 2. The number of carbonyl (C=O) groups excluding carboxylic acids is 2. The van der Waals surface area contributed by atoms with Gasteiger partial charge in [0.05, 0.1) is 16.3 Å². The van der Waals surface area contributed by atoms with E-state index in [-0.39, 0.29) is 5.56 Å². The van der Waals surface area contributed by atoms with Crippen LogP contribution in [0.15, 0.2) is 72.1 Å². The number of hydrogen-bond acceptors (Lipinski definition) is 4. The number of nitrogens with one attached hydrogen (secondary N) is 2. The van der Waals surface area contributed by atoms with Gasteiger partial charge in [-0.15, -0.1) is 11.3 Å². The highest BCUT2D eigenvalue weighted by atomic mass is 32.1. The number of carbonyl (C=O) groups is 2. The average Bonchev–Trinajstić information content (AvgIpc) is 3.47. The third-order valence-corrected chi connectivity index (χ3v) is 5.64.